The summed E-state index contributed by atoms with van der Waals surface area (Å²) in [6.45, 7) is 0.274. The molecular formula is C8H15N3O4S. The SMILES string of the molecule is NCCCS(=O)(=O)NC1CCC(=O)NC1=O. The van der Waals surface area contributed by atoms with Gasteiger partial charge in [-0.1, -0.05) is 0 Å². The second-order valence-corrected chi connectivity index (χ2v) is 5.46. The monoisotopic (exact) mass is 249 g/mol. The summed E-state index contributed by atoms with van der Waals surface area (Å²) in [6.07, 6.45) is 0.685. The molecule has 8 heteroatoms. The van der Waals surface area contributed by atoms with Gasteiger partial charge >= 0.3 is 0 Å². The number of piperidine rings is 1. The molecule has 0 radical (unpaired) electrons. The molecule has 0 aromatic heterocycles. The lowest BCUT2D eigenvalue weighted by atomic mass is 10.1. The number of hydrogen-bond acceptors (Lipinski definition) is 5. The van der Waals surface area contributed by atoms with Crippen LogP contribution in [0, 0.1) is 0 Å². The fourth-order valence-corrected chi connectivity index (χ4v) is 2.68. The third kappa shape index (κ3) is 3.87. The number of sulfonamides is 1. The van der Waals surface area contributed by atoms with Crippen molar-refractivity contribution < 1.29 is 18.0 Å². The van der Waals surface area contributed by atoms with Gasteiger partial charge in [-0.15, -0.1) is 0 Å². The maximum absolute atomic E-state index is 11.5. The summed E-state index contributed by atoms with van der Waals surface area (Å²) < 4.78 is 25.2. The van der Waals surface area contributed by atoms with Gasteiger partial charge in [0.25, 0.3) is 0 Å². The van der Waals surface area contributed by atoms with Crippen molar-refractivity contribution in [2.45, 2.75) is 25.3 Å². The van der Waals surface area contributed by atoms with Crippen LogP contribution in [0.15, 0.2) is 0 Å². The second-order valence-electron chi connectivity index (χ2n) is 3.58. The predicted octanol–water partition coefficient (Wildman–Crippen LogP) is -1.94. The van der Waals surface area contributed by atoms with Crippen LogP contribution in [-0.2, 0) is 19.6 Å². The molecule has 4 N–H and O–H groups in total. The predicted molar refractivity (Wildman–Crippen MR) is 56.8 cm³/mol. The fourth-order valence-electron chi connectivity index (χ4n) is 1.36. The number of rotatable bonds is 5. The molecule has 1 fully saturated rings. The van der Waals surface area contributed by atoms with Crippen LogP contribution in [0.25, 0.3) is 0 Å². The van der Waals surface area contributed by atoms with Crippen LogP contribution in [0.5, 0.6) is 0 Å². The molecule has 2 amide bonds. The zero-order valence-corrected chi connectivity index (χ0v) is 9.55. The number of carbonyl (C=O) groups is 2. The Hall–Kier alpha value is -0.990. The van der Waals surface area contributed by atoms with Crippen LogP contribution in [-0.4, -0.2) is 38.6 Å². The first kappa shape index (κ1) is 13.1. The Morgan fingerprint density at radius 1 is 1.44 bits per heavy atom. The molecule has 1 aliphatic heterocycles. The van der Waals surface area contributed by atoms with Crippen LogP contribution < -0.4 is 15.8 Å². The van der Waals surface area contributed by atoms with E-state index >= 15 is 0 Å². The van der Waals surface area contributed by atoms with Gasteiger partial charge in [0, 0.05) is 6.42 Å². The summed E-state index contributed by atoms with van der Waals surface area (Å²) >= 11 is 0. The highest BCUT2D eigenvalue weighted by molar-refractivity contribution is 7.89. The molecule has 1 atom stereocenters. The number of nitrogens with one attached hydrogen (secondary N) is 2. The lowest BCUT2D eigenvalue weighted by Crippen LogP contribution is -2.52. The summed E-state index contributed by atoms with van der Waals surface area (Å²) in [5, 5.41) is 2.08. The van der Waals surface area contributed by atoms with E-state index in [1.54, 1.807) is 0 Å². The lowest BCUT2D eigenvalue weighted by Gasteiger charge is -2.21. The topological polar surface area (TPSA) is 118 Å². The second kappa shape index (κ2) is 5.37. The van der Waals surface area contributed by atoms with Gasteiger partial charge in [0.15, 0.2) is 0 Å². The minimum absolute atomic E-state index is 0.110. The van der Waals surface area contributed by atoms with Crippen molar-refractivity contribution >= 4 is 21.8 Å². The normalized spacial score (nSPS) is 21.9. The van der Waals surface area contributed by atoms with Crippen molar-refractivity contribution in [1.29, 1.82) is 0 Å². The summed E-state index contributed by atoms with van der Waals surface area (Å²) in [5.74, 6) is -1.07. The highest BCUT2D eigenvalue weighted by Crippen LogP contribution is 2.06. The third-order valence-electron chi connectivity index (χ3n) is 2.18. The van der Waals surface area contributed by atoms with Gasteiger partial charge < -0.3 is 5.73 Å². The quantitative estimate of drug-likeness (QED) is 0.490. The van der Waals surface area contributed by atoms with Gasteiger partial charge in [-0.3, -0.25) is 14.9 Å². The standard InChI is InChI=1S/C8H15N3O4S/c9-4-1-5-16(14,15)11-6-2-3-7(12)10-8(6)13/h6,11H,1-5,9H2,(H,10,12,13). The van der Waals surface area contributed by atoms with E-state index in [1.165, 1.54) is 0 Å². The van der Waals surface area contributed by atoms with E-state index in [-0.39, 0.29) is 31.0 Å². The minimum Gasteiger partial charge on any atom is -0.330 e. The van der Waals surface area contributed by atoms with Crippen molar-refractivity contribution in [2.24, 2.45) is 5.73 Å². The average Bonchev–Trinajstić information content (AvgIpc) is 2.19. The van der Waals surface area contributed by atoms with Crippen molar-refractivity contribution in [3.05, 3.63) is 0 Å². The van der Waals surface area contributed by atoms with E-state index in [4.69, 9.17) is 5.73 Å². The molecule has 1 saturated heterocycles. The van der Waals surface area contributed by atoms with Crippen LogP contribution in [0.3, 0.4) is 0 Å². The molecule has 92 valence electrons. The number of hydrogen-bond donors (Lipinski definition) is 3. The van der Waals surface area contributed by atoms with E-state index in [2.05, 4.69) is 10.0 Å². The Kier molecular flexibility index (Phi) is 4.39. The summed E-state index contributed by atoms with van der Waals surface area (Å²) in [6, 6.07) is -0.847. The first-order valence-corrected chi connectivity index (χ1v) is 6.63. The molecule has 0 spiro atoms. The Bertz CT molecular complexity index is 379. The molecule has 0 saturated carbocycles. The molecular weight excluding hydrogens is 234 g/mol. The third-order valence-corrected chi connectivity index (χ3v) is 3.65. The van der Waals surface area contributed by atoms with Gasteiger partial charge in [0.1, 0.15) is 6.04 Å². The van der Waals surface area contributed by atoms with E-state index in [0.29, 0.717) is 6.42 Å². The highest BCUT2D eigenvalue weighted by Gasteiger charge is 2.29. The van der Waals surface area contributed by atoms with E-state index in [0.717, 1.165) is 0 Å². The molecule has 1 aliphatic rings. The molecule has 1 heterocycles. The number of nitrogens with two attached hydrogens (primary N) is 1. The molecule has 0 aromatic carbocycles. The first-order chi connectivity index (χ1) is 7.44. The number of imide groups is 1. The Morgan fingerprint density at radius 2 is 2.12 bits per heavy atom. The smallest absolute Gasteiger partial charge is 0.244 e. The average molecular weight is 249 g/mol. The van der Waals surface area contributed by atoms with Crippen molar-refractivity contribution in [1.82, 2.24) is 10.0 Å². The summed E-state index contributed by atoms with van der Waals surface area (Å²) in [4.78, 5) is 22.1. The highest BCUT2D eigenvalue weighted by atomic mass is 32.2. The molecule has 0 aliphatic carbocycles. The van der Waals surface area contributed by atoms with Gasteiger partial charge in [-0.05, 0) is 19.4 Å². The maximum Gasteiger partial charge on any atom is 0.244 e. The molecule has 1 unspecified atom stereocenters. The number of amides is 2. The molecule has 1 rings (SSSR count). The van der Waals surface area contributed by atoms with Gasteiger partial charge in [0.05, 0.1) is 5.75 Å². The van der Waals surface area contributed by atoms with Crippen molar-refractivity contribution in [3.63, 3.8) is 0 Å². The Morgan fingerprint density at radius 3 is 2.69 bits per heavy atom. The number of carbonyl (C=O) groups excluding carboxylic acids is 2. The molecule has 0 bridgehead atoms. The zero-order chi connectivity index (χ0) is 12.2. The van der Waals surface area contributed by atoms with E-state index in [9.17, 15) is 18.0 Å². The lowest BCUT2D eigenvalue weighted by molar-refractivity contribution is -0.134. The van der Waals surface area contributed by atoms with Crippen LogP contribution >= 0.6 is 0 Å². The molecule has 16 heavy (non-hydrogen) atoms. The van der Waals surface area contributed by atoms with Gasteiger partial charge in [-0.2, -0.15) is 0 Å². The maximum atomic E-state index is 11.5. The summed E-state index contributed by atoms with van der Waals surface area (Å²) in [7, 11) is -3.50. The van der Waals surface area contributed by atoms with Gasteiger partial charge in [0.2, 0.25) is 21.8 Å². The van der Waals surface area contributed by atoms with Crippen LogP contribution in [0.4, 0.5) is 0 Å². The van der Waals surface area contributed by atoms with E-state index < -0.39 is 22.0 Å². The largest absolute Gasteiger partial charge is 0.330 e. The Labute approximate surface area is 93.8 Å². The Balaban J connectivity index is 2.53. The molecule has 7 nitrogen and oxygen atoms in total. The van der Waals surface area contributed by atoms with Gasteiger partial charge in [-0.25, -0.2) is 13.1 Å². The van der Waals surface area contributed by atoms with Crippen LogP contribution in [0.1, 0.15) is 19.3 Å². The molecule has 0 aromatic rings. The van der Waals surface area contributed by atoms with E-state index in [1.807, 2.05) is 0 Å². The summed E-state index contributed by atoms with van der Waals surface area (Å²) in [5.41, 5.74) is 5.20. The minimum atomic E-state index is -3.50. The fraction of sp³-hybridized carbons (Fsp3) is 0.750. The first-order valence-electron chi connectivity index (χ1n) is 4.98. The zero-order valence-electron chi connectivity index (χ0n) is 8.73. The van der Waals surface area contributed by atoms with Crippen LogP contribution in [0.2, 0.25) is 0 Å². The van der Waals surface area contributed by atoms with Crippen molar-refractivity contribution in [2.75, 3.05) is 12.3 Å². The van der Waals surface area contributed by atoms with Crippen molar-refractivity contribution in [3.8, 4) is 0 Å².